The molecule has 0 saturated heterocycles. The molecule has 2 heterocycles. The van der Waals surface area contributed by atoms with Gasteiger partial charge in [-0.25, -0.2) is 4.98 Å². The molecule has 3 rings (SSSR count). The predicted molar refractivity (Wildman–Crippen MR) is 64.9 cm³/mol. The molecule has 2 aromatic heterocycles. The van der Waals surface area contributed by atoms with E-state index in [4.69, 9.17) is 17.3 Å². The molecule has 84 valence electrons. The second-order valence-corrected chi connectivity index (χ2v) is 4.72. The predicted octanol–water partition coefficient (Wildman–Crippen LogP) is 2.37. The fourth-order valence-electron chi connectivity index (χ4n) is 2.06. The third-order valence-corrected chi connectivity index (χ3v) is 3.33. The first-order chi connectivity index (χ1) is 7.79. The third kappa shape index (κ3) is 1.60. The summed E-state index contributed by atoms with van der Waals surface area (Å²) in [5.74, 6) is 1.71. The topological polar surface area (TPSA) is 43.3 Å². The van der Waals surface area contributed by atoms with Crippen LogP contribution in [0.2, 0.25) is 5.15 Å². The largest absolute Gasteiger partial charge is 0.330 e. The summed E-state index contributed by atoms with van der Waals surface area (Å²) in [6, 6.07) is 4.11. The van der Waals surface area contributed by atoms with E-state index in [0.29, 0.717) is 17.6 Å². The van der Waals surface area contributed by atoms with E-state index in [1.807, 2.05) is 6.07 Å². The quantitative estimate of drug-likeness (QED) is 0.888. The molecule has 2 N–H and O–H groups in total. The average Bonchev–Trinajstić information content (AvgIpc) is 3.06. The minimum Gasteiger partial charge on any atom is -0.330 e. The van der Waals surface area contributed by atoms with Crippen molar-refractivity contribution in [2.75, 3.05) is 6.54 Å². The molecule has 1 saturated carbocycles. The molecule has 0 unspecified atom stereocenters. The van der Waals surface area contributed by atoms with Gasteiger partial charge < -0.3 is 10.1 Å². The minimum atomic E-state index is 0.605. The Morgan fingerprint density at radius 3 is 2.94 bits per heavy atom. The normalized spacial score (nSPS) is 15.9. The molecule has 0 aromatic carbocycles. The van der Waals surface area contributed by atoms with Crippen molar-refractivity contribution < 1.29 is 0 Å². The number of nitrogens with zero attached hydrogens (tertiary/aromatic N) is 2. The van der Waals surface area contributed by atoms with E-state index in [1.54, 1.807) is 0 Å². The van der Waals surface area contributed by atoms with Crippen LogP contribution in [0.25, 0.3) is 5.52 Å². The second kappa shape index (κ2) is 3.75. The van der Waals surface area contributed by atoms with Gasteiger partial charge in [0.15, 0.2) is 5.15 Å². The van der Waals surface area contributed by atoms with Gasteiger partial charge in [-0.1, -0.05) is 17.7 Å². The van der Waals surface area contributed by atoms with Gasteiger partial charge in [0.2, 0.25) is 0 Å². The van der Waals surface area contributed by atoms with Gasteiger partial charge in [-0.3, -0.25) is 0 Å². The minimum absolute atomic E-state index is 0.605. The van der Waals surface area contributed by atoms with Crippen molar-refractivity contribution in [2.24, 2.45) is 5.73 Å². The van der Waals surface area contributed by atoms with Crippen molar-refractivity contribution in [2.45, 2.75) is 25.2 Å². The molecule has 2 aromatic rings. The maximum absolute atomic E-state index is 6.12. The van der Waals surface area contributed by atoms with E-state index >= 15 is 0 Å². The van der Waals surface area contributed by atoms with E-state index in [-0.39, 0.29) is 0 Å². The average molecular weight is 236 g/mol. The van der Waals surface area contributed by atoms with Crippen molar-refractivity contribution in [3.05, 3.63) is 34.9 Å². The highest BCUT2D eigenvalue weighted by Crippen LogP contribution is 2.40. The molecular formula is C12H14ClN3. The zero-order chi connectivity index (χ0) is 11.1. The van der Waals surface area contributed by atoms with Crippen LogP contribution in [0, 0.1) is 0 Å². The molecule has 0 aliphatic heterocycles. The van der Waals surface area contributed by atoms with Crippen LogP contribution in [-0.2, 0) is 6.42 Å². The van der Waals surface area contributed by atoms with Gasteiger partial charge in [0.25, 0.3) is 0 Å². The molecule has 3 nitrogen and oxygen atoms in total. The first kappa shape index (κ1) is 10.1. The standard InChI is InChI=1S/C12H14ClN3/c13-11-10-4-1-8(5-6-14)7-16(10)12(15-11)9-2-3-9/h1,4,7,9H,2-3,5-6,14H2. The zero-order valence-corrected chi connectivity index (χ0v) is 9.74. The molecule has 1 aliphatic carbocycles. The highest BCUT2D eigenvalue weighted by atomic mass is 35.5. The van der Waals surface area contributed by atoms with Gasteiger partial charge in [0.1, 0.15) is 5.82 Å². The monoisotopic (exact) mass is 235 g/mol. The molecular weight excluding hydrogens is 222 g/mol. The second-order valence-electron chi connectivity index (χ2n) is 4.37. The number of halogens is 1. The summed E-state index contributed by atoms with van der Waals surface area (Å²) in [5, 5.41) is 0.612. The van der Waals surface area contributed by atoms with Crippen molar-refractivity contribution in [3.8, 4) is 0 Å². The Labute approximate surface area is 99.2 Å². The number of fused-ring (bicyclic) bond motifs is 1. The number of nitrogens with two attached hydrogens (primary N) is 1. The number of imidazole rings is 1. The first-order valence-electron chi connectivity index (χ1n) is 5.66. The van der Waals surface area contributed by atoms with Crippen LogP contribution in [0.4, 0.5) is 0 Å². The summed E-state index contributed by atoms with van der Waals surface area (Å²) < 4.78 is 2.13. The maximum Gasteiger partial charge on any atom is 0.155 e. The van der Waals surface area contributed by atoms with Crippen molar-refractivity contribution in [3.63, 3.8) is 0 Å². The highest BCUT2D eigenvalue weighted by Gasteiger charge is 2.28. The molecule has 1 aliphatic rings. The molecule has 0 spiro atoms. The molecule has 0 amide bonds. The van der Waals surface area contributed by atoms with Crippen molar-refractivity contribution >= 4 is 17.1 Å². The summed E-state index contributed by atoms with van der Waals surface area (Å²) in [4.78, 5) is 4.45. The Hall–Kier alpha value is -1.06. The summed E-state index contributed by atoms with van der Waals surface area (Å²) in [6.45, 7) is 0.673. The summed E-state index contributed by atoms with van der Waals surface area (Å²) >= 11 is 6.12. The van der Waals surface area contributed by atoms with E-state index in [1.165, 1.54) is 18.4 Å². The van der Waals surface area contributed by atoms with Crippen LogP contribution in [0.15, 0.2) is 18.3 Å². The Morgan fingerprint density at radius 1 is 1.44 bits per heavy atom. The lowest BCUT2D eigenvalue weighted by Gasteiger charge is -2.03. The fraction of sp³-hybridized carbons (Fsp3) is 0.417. The van der Waals surface area contributed by atoms with Crippen molar-refractivity contribution in [1.82, 2.24) is 9.38 Å². The van der Waals surface area contributed by atoms with Crippen LogP contribution in [0.5, 0.6) is 0 Å². The smallest absolute Gasteiger partial charge is 0.155 e. The van der Waals surface area contributed by atoms with Crippen LogP contribution in [-0.4, -0.2) is 15.9 Å². The molecule has 4 heteroatoms. The summed E-state index contributed by atoms with van der Waals surface area (Å²) in [5.41, 5.74) is 7.81. The van der Waals surface area contributed by atoms with E-state index in [2.05, 4.69) is 21.6 Å². The number of hydrogen-bond donors (Lipinski definition) is 1. The first-order valence-corrected chi connectivity index (χ1v) is 6.04. The number of aromatic nitrogens is 2. The Kier molecular flexibility index (Phi) is 2.37. The van der Waals surface area contributed by atoms with E-state index in [0.717, 1.165) is 17.8 Å². The lowest BCUT2D eigenvalue weighted by atomic mass is 10.2. The van der Waals surface area contributed by atoms with Gasteiger partial charge in [0, 0.05) is 12.1 Å². The fourth-order valence-corrected chi connectivity index (χ4v) is 2.30. The third-order valence-electron chi connectivity index (χ3n) is 3.06. The summed E-state index contributed by atoms with van der Waals surface area (Å²) in [6.07, 6.45) is 5.48. The van der Waals surface area contributed by atoms with Crippen LogP contribution in [0.1, 0.15) is 30.1 Å². The van der Waals surface area contributed by atoms with Crippen LogP contribution >= 0.6 is 11.6 Å². The van der Waals surface area contributed by atoms with Crippen molar-refractivity contribution in [1.29, 1.82) is 0 Å². The molecule has 1 fully saturated rings. The molecule has 0 atom stereocenters. The zero-order valence-electron chi connectivity index (χ0n) is 8.99. The number of hydrogen-bond acceptors (Lipinski definition) is 2. The lowest BCUT2D eigenvalue weighted by molar-refractivity contribution is 0.896. The molecule has 16 heavy (non-hydrogen) atoms. The number of pyridine rings is 1. The van der Waals surface area contributed by atoms with Gasteiger partial charge in [-0.05, 0) is 37.4 Å². The Bertz CT molecular complexity index is 528. The highest BCUT2D eigenvalue weighted by molar-refractivity contribution is 6.32. The SMILES string of the molecule is NCCc1ccc2c(Cl)nc(C3CC3)n2c1. The van der Waals surface area contributed by atoms with Gasteiger partial charge >= 0.3 is 0 Å². The van der Waals surface area contributed by atoms with E-state index < -0.39 is 0 Å². The molecule has 0 bridgehead atoms. The van der Waals surface area contributed by atoms with Gasteiger partial charge in [-0.15, -0.1) is 0 Å². The van der Waals surface area contributed by atoms with Gasteiger partial charge in [-0.2, -0.15) is 0 Å². The molecule has 0 radical (unpaired) electrons. The van der Waals surface area contributed by atoms with E-state index in [9.17, 15) is 0 Å². The van der Waals surface area contributed by atoms with Crippen LogP contribution in [0.3, 0.4) is 0 Å². The lowest BCUT2D eigenvalue weighted by Crippen LogP contribution is -2.04. The Balaban J connectivity index is 2.15. The maximum atomic E-state index is 6.12. The number of rotatable bonds is 3. The van der Waals surface area contributed by atoms with Crippen LogP contribution < -0.4 is 5.73 Å². The Morgan fingerprint density at radius 2 is 2.25 bits per heavy atom. The van der Waals surface area contributed by atoms with Gasteiger partial charge in [0.05, 0.1) is 5.52 Å². The summed E-state index contributed by atoms with van der Waals surface area (Å²) in [7, 11) is 0.